The first-order valence-electron chi connectivity index (χ1n) is 10.6. The summed E-state index contributed by atoms with van der Waals surface area (Å²) >= 11 is 0. The van der Waals surface area contributed by atoms with Gasteiger partial charge in [0.25, 0.3) is 5.91 Å². The van der Waals surface area contributed by atoms with E-state index >= 15 is 0 Å². The number of nitrogens with zero attached hydrogens (tertiary/aromatic N) is 3. The summed E-state index contributed by atoms with van der Waals surface area (Å²) in [5.74, 6) is 1.47. The van der Waals surface area contributed by atoms with Crippen LogP contribution in [0.4, 0.5) is 0 Å². The first-order valence-corrected chi connectivity index (χ1v) is 10.6. The standard InChI is InChI=1S/C23H30N4O2/c1-17(2)26-10-12-27(13-11-26)23(28)18-5-6-19(15-25-20-7-8-20)22(14-18)29-21-4-3-9-24-16-21/h3-6,9,14,16-17,20,25H,7-8,10-13,15H2,1-2H3. The van der Waals surface area contributed by atoms with Crippen molar-refractivity contribution >= 4 is 5.91 Å². The number of amides is 1. The van der Waals surface area contributed by atoms with Gasteiger partial charge in [-0.2, -0.15) is 0 Å². The molecule has 1 saturated heterocycles. The molecule has 0 spiro atoms. The van der Waals surface area contributed by atoms with E-state index < -0.39 is 0 Å². The molecule has 1 aromatic carbocycles. The smallest absolute Gasteiger partial charge is 0.254 e. The monoisotopic (exact) mass is 394 g/mol. The van der Waals surface area contributed by atoms with Crippen LogP contribution in [-0.4, -0.2) is 59.0 Å². The van der Waals surface area contributed by atoms with E-state index in [0.717, 1.165) is 44.0 Å². The predicted octanol–water partition coefficient (Wildman–Crippen LogP) is 3.29. The van der Waals surface area contributed by atoms with E-state index in [-0.39, 0.29) is 5.91 Å². The second-order valence-electron chi connectivity index (χ2n) is 8.19. The van der Waals surface area contributed by atoms with Gasteiger partial charge in [0.2, 0.25) is 0 Å². The number of carbonyl (C=O) groups excluding carboxylic acids is 1. The molecule has 1 amide bonds. The molecule has 0 unspecified atom stereocenters. The number of pyridine rings is 1. The molecular weight excluding hydrogens is 364 g/mol. The van der Waals surface area contributed by atoms with Gasteiger partial charge in [0.05, 0.1) is 6.20 Å². The molecule has 2 aromatic rings. The Labute approximate surface area is 172 Å². The molecule has 29 heavy (non-hydrogen) atoms. The number of benzene rings is 1. The first-order chi connectivity index (χ1) is 14.1. The van der Waals surface area contributed by atoms with E-state index in [1.54, 1.807) is 12.4 Å². The van der Waals surface area contributed by atoms with Crippen LogP contribution in [0.25, 0.3) is 0 Å². The molecular formula is C23H30N4O2. The maximum Gasteiger partial charge on any atom is 0.254 e. The molecule has 0 atom stereocenters. The minimum atomic E-state index is 0.0751. The summed E-state index contributed by atoms with van der Waals surface area (Å²) < 4.78 is 6.11. The Balaban J connectivity index is 1.50. The van der Waals surface area contributed by atoms with Crippen molar-refractivity contribution in [3.8, 4) is 11.5 Å². The Morgan fingerprint density at radius 2 is 2.00 bits per heavy atom. The summed E-state index contributed by atoms with van der Waals surface area (Å²) in [6.07, 6.45) is 5.88. The van der Waals surface area contributed by atoms with Crippen LogP contribution >= 0.6 is 0 Å². The van der Waals surface area contributed by atoms with Crippen LogP contribution in [0, 0.1) is 0 Å². The predicted molar refractivity (Wildman–Crippen MR) is 113 cm³/mol. The summed E-state index contributed by atoms with van der Waals surface area (Å²) in [5.41, 5.74) is 1.74. The number of rotatable bonds is 7. The number of nitrogens with one attached hydrogen (secondary N) is 1. The number of ether oxygens (including phenoxy) is 1. The fourth-order valence-corrected chi connectivity index (χ4v) is 3.63. The van der Waals surface area contributed by atoms with Gasteiger partial charge in [-0.05, 0) is 51.0 Å². The van der Waals surface area contributed by atoms with Crippen molar-refractivity contribution in [3.05, 3.63) is 53.9 Å². The Morgan fingerprint density at radius 1 is 1.21 bits per heavy atom. The number of piperazine rings is 1. The van der Waals surface area contributed by atoms with Gasteiger partial charge in [0.15, 0.2) is 0 Å². The molecule has 0 bridgehead atoms. The molecule has 1 saturated carbocycles. The van der Waals surface area contributed by atoms with E-state index in [9.17, 15) is 4.79 Å². The third-order valence-electron chi connectivity index (χ3n) is 5.67. The fraction of sp³-hybridized carbons (Fsp3) is 0.478. The maximum atomic E-state index is 13.1. The summed E-state index contributed by atoms with van der Waals surface area (Å²) in [4.78, 5) is 21.6. The lowest BCUT2D eigenvalue weighted by atomic mass is 10.1. The van der Waals surface area contributed by atoms with Gasteiger partial charge in [0, 0.05) is 62.1 Å². The molecule has 1 aromatic heterocycles. The highest BCUT2D eigenvalue weighted by Gasteiger charge is 2.25. The lowest BCUT2D eigenvalue weighted by Crippen LogP contribution is -2.50. The number of hydrogen-bond donors (Lipinski definition) is 1. The van der Waals surface area contributed by atoms with Gasteiger partial charge >= 0.3 is 0 Å². The molecule has 2 heterocycles. The van der Waals surface area contributed by atoms with Crippen LogP contribution in [0.15, 0.2) is 42.7 Å². The van der Waals surface area contributed by atoms with Gasteiger partial charge in [0.1, 0.15) is 11.5 Å². The van der Waals surface area contributed by atoms with Crippen molar-refractivity contribution in [2.24, 2.45) is 0 Å². The number of carbonyl (C=O) groups is 1. The van der Waals surface area contributed by atoms with Gasteiger partial charge in [-0.25, -0.2) is 0 Å². The third-order valence-corrected chi connectivity index (χ3v) is 5.67. The van der Waals surface area contributed by atoms with Crippen molar-refractivity contribution in [1.82, 2.24) is 20.1 Å². The van der Waals surface area contributed by atoms with Crippen molar-refractivity contribution in [1.29, 1.82) is 0 Å². The van der Waals surface area contributed by atoms with E-state index in [0.29, 0.717) is 23.4 Å². The average Bonchev–Trinajstić information content (AvgIpc) is 3.57. The second kappa shape index (κ2) is 8.93. The van der Waals surface area contributed by atoms with Crippen LogP contribution in [-0.2, 0) is 6.54 Å². The Bertz CT molecular complexity index is 828. The van der Waals surface area contributed by atoms with Crippen molar-refractivity contribution < 1.29 is 9.53 Å². The molecule has 2 aliphatic rings. The van der Waals surface area contributed by atoms with Crippen LogP contribution in [0.2, 0.25) is 0 Å². The largest absolute Gasteiger partial charge is 0.455 e. The lowest BCUT2D eigenvalue weighted by molar-refractivity contribution is 0.0595. The molecule has 6 heteroatoms. The zero-order valence-electron chi connectivity index (χ0n) is 17.3. The highest BCUT2D eigenvalue weighted by Crippen LogP contribution is 2.28. The summed E-state index contributed by atoms with van der Waals surface area (Å²) in [6, 6.07) is 10.7. The van der Waals surface area contributed by atoms with Gasteiger partial charge in [-0.15, -0.1) is 0 Å². The third kappa shape index (κ3) is 5.14. The lowest BCUT2D eigenvalue weighted by Gasteiger charge is -2.37. The zero-order valence-corrected chi connectivity index (χ0v) is 17.3. The van der Waals surface area contributed by atoms with E-state index in [1.807, 2.05) is 35.2 Å². The van der Waals surface area contributed by atoms with E-state index in [1.165, 1.54) is 12.8 Å². The van der Waals surface area contributed by atoms with Gasteiger partial charge in [-0.3, -0.25) is 14.7 Å². The summed E-state index contributed by atoms with van der Waals surface area (Å²) in [7, 11) is 0. The van der Waals surface area contributed by atoms with Gasteiger partial charge < -0.3 is 15.0 Å². The number of hydrogen-bond acceptors (Lipinski definition) is 5. The van der Waals surface area contributed by atoms with Crippen LogP contribution in [0.1, 0.15) is 42.6 Å². The molecule has 1 aliphatic carbocycles. The number of aromatic nitrogens is 1. The first kappa shape index (κ1) is 19.9. The quantitative estimate of drug-likeness (QED) is 0.781. The normalized spacial score (nSPS) is 17.6. The van der Waals surface area contributed by atoms with Crippen molar-refractivity contribution in [2.75, 3.05) is 26.2 Å². The molecule has 1 N–H and O–H groups in total. The zero-order chi connectivity index (χ0) is 20.2. The molecule has 2 fully saturated rings. The van der Waals surface area contributed by atoms with Crippen LogP contribution in [0.5, 0.6) is 11.5 Å². The fourth-order valence-electron chi connectivity index (χ4n) is 3.63. The highest BCUT2D eigenvalue weighted by atomic mass is 16.5. The highest BCUT2D eigenvalue weighted by molar-refractivity contribution is 5.94. The summed E-state index contributed by atoms with van der Waals surface area (Å²) in [5, 5.41) is 3.53. The molecule has 0 radical (unpaired) electrons. The minimum Gasteiger partial charge on any atom is -0.455 e. The van der Waals surface area contributed by atoms with E-state index in [4.69, 9.17) is 4.74 Å². The SMILES string of the molecule is CC(C)N1CCN(C(=O)c2ccc(CNC3CC3)c(Oc3cccnc3)c2)CC1. The Hall–Kier alpha value is -2.44. The summed E-state index contributed by atoms with van der Waals surface area (Å²) in [6.45, 7) is 8.52. The van der Waals surface area contributed by atoms with Crippen LogP contribution < -0.4 is 10.1 Å². The molecule has 154 valence electrons. The molecule has 4 rings (SSSR count). The van der Waals surface area contributed by atoms with Crippen LogP contribution in [0.3, 0.4) is 0 Å². The van der Waals surface area contributed by atoms with E-state index in [2.05, 4.69) is 29.0 Å². The second-order valence-corrected chi connectivity index (χ2v) is 8.19. The minimum absolute atomic E-state index is 0.0751. The van der Waals surface area contributed by atoms with Crippen molar-refractivity contribution in [3.63, 3.8) is 0 Å². The Kier molecular flexibility index (Phi) is 6.11. The van der Waals surface area contributed by atoms with Crippen molar-refractivity contribution in [2.45, 2.75) is 45.3 Å². The Morgan fingerprint density at radius 3 is 2.66 bits per heavy atom. The maximum absolute atomic E-state index is 13.1. The topological polar surface area (TPSA) is 57.7 Å². The molecule has 1 aliphatic heterocycles. The van der Waals surface area contributed by atoms with Gasteiger partial charge in [-0.1, -0.05) is 6.07 Å². The average molecular weight is 395 g/mol. The molecule has 6 nitrogen and oxygen atoms in total.